The number of aliphatic hydroxyl groups excluding tert-OH is 2. The number of halogens is 1. The highest BCUT2D eigenvalue weighted by molar-refractivity contribution is 7.91. The summed E-state index contributed by atoms with van der Waals surface area (Å²) in [5.41, 5.74) is 0.678. The Morgan fingerprint density at radius 3 is 1.87 bits per heavy atom. The molecule has 2 atom stereocenters. The molecule has 1 heterocycles. The number of rotatable bonds is 9. The van der Waals surface area contributed by atoms with Gasteiger partial charge in [-0.3, -0.25) is 0 Å². The smallest absolute Gasteiger partial charge is 0.335 e. The molecule has 1 aliphatic heterocycles. The first-order chi connectivity index (χ1) is 17.8. The molecule has 0 bridgehead atoms. The Kier molecular flexibility index (Phi) is 11.2. The number of nitrogens with zero attached hydrogens (tertiary/aromatic N) is 1. The average molecular weight is 575 g/mol. The second-order valence-electron chi connectivity index (χ2n) is 8.45. The standard InChI is InChI=1S/C20H25ClN2O4S.C4H6O6/c1-23-10-8-14(9-11-23)22-18-13-16(5-7-20(18)27-3)28(24,25)15-4-6-19(26-2)17(21)12-15;5-1(3(7)8)2(6)4(9)10/h4-7,12-14,22H,8-11H2,1-3H3;1-2,5-6H,(H,7,8)(H,9,10). The molecule has 3 rings (SSSR count). The van der Waals surface area contributed by atoms with Gasteiger partial charge in [-0.05, 0) is 69.4 Å². The molecule has 2 aromatic rings. The number of anilines is 1. The van der Waals surface area contributed by atoms with Gasteiger partial charge in [0.1, 0.15) is 11.5 Å². The lowest BCUT2D eigenvalue weighted by Gasteiger charge is -2.30. The van der Waals surface area contributed by atoms with Gasteiger partial charge in [0.25, 0.3) is 0 Å². The summed E-state index contributed by atoms with van der Waals surface area (Å²) >= 11 is 6.12. The van der Waals surface area contributed by atoms with Crippen LogP contribution in [0.3, 0.4) is 0 Å². The third kappa shape index (κ3) is 7.95. The Morgan fingerprint density at radius 1 is 0.947 bits per heavy atom. The average Bonchev–Trinajstić information content (AvgIpc) is 2.89. The molecule has 0 aliphatic carbocycles. The molecular weight excluding hydrogens is 544 g/mol. The van der Waals surface area contributed by atoms with E-state index >= 15 is 0 Å². The van der Waals surface area contributed by atoms with E-state index in [0.29, 0.717) is 17.2 Å². The predicted molar refractivity (Wildman–Crippen MR) is 138 cm³/mol. The number of hydrogen-bond donors (Lipinski definition) is 5. The van der Waals surface area contributed by atoms with Gasteiger partial charge >= 0.3 is 11.9 Å². The molecule has 5 N–H and O–H groups in total. The highest BCUT2D eigenvalue weighted by Gasteiger charge is 2.29. The van der Waals surface area contributed by atoms with Crippen LogP contribution in [0.4, 0.5) is 5.69 Å². The van der Waals surface area contributed by atoms with Crippen molar-refractivity contribution in [1.29, 1.82) is 0 Å². The van der Waals surface area contributed by atoms with Crippen molar-refractivity contribution >= 4 is 39.1 Å². The van der Waals surface area contributed by atoms with Crippen molar-refractivity contribution in [1.82, 2.24) is 4.90 Å². The summed E-state index contributed by atoms with van der Waals surface area (Å²) < 4.78 is 36.7. The lowest BCUT2D eigenvalue weighted by atomic mass is 10.1. The molecule has 0 spiro atoms. The maximum atomic E-state index is 13.1. The van der Waals surface area contributed by atoms with Crippen molar-refractivity contribution in [2.45, 2.75) is 40.9 Å². The van der Waals surface area contributed by atoms with E-state index in [9.17, 15) is 18.0 Å². The van der Waals surface area contributed by atoms with Crippen molar-refractivity contribution in [2.24, 2.45) is 0 Å². The van der Waals surface area contributed by atoms with Crippen LogP contribution in [0, 0.1) is 0 Å². The maximum Gasteiger partial charge on any atom is 0.335 e. The van der Waals surface area contributed by atoms with E-state index in [4.69, 9.17) is 41.5 Å². The van der Waals surface area contributed by atoms with Crippen molar-refractivity contribution in [3.05, 3.63) is 41.4 Å². The van der Waals surface area contributed by atoms with Gasteiger partial charge < -0.3 is 40.1 Å². The van der Waals surface area contributed by atoms with E-state index in [-0.39, 0.29) is 20.9 Å². The van der Waals surface area contributed by atoms with Crippen LogP contribution in [-0.4, -0.2) is 98.3 Å². The summed E-state index contributed by atoms with van der Waals surface area (Å²) in [6, 6.07) is 9.58. The van der Waals surface area contributed by atoms with E-state index < -0.39 is 34.0 Å². The third-order valence-corrected chi connectivity index (χ3v) is 7.84. The predicted octanol–water partition coefficient (Wildman–Crippen LogP) is 1.57. The van der Waals surface area contributed by atoms with Crippen LogP contribution in [0.1, 0.15) is 12.8 Å². The molecule has 1 aliphatic rings. The van der Waals surface area contributed by atoms with Crippen molar-refractivity contribution < 1.29 is 47.9 Å². The van der Waals surface area contributed by atoms with Crippen molar-refractivity contribution in [2.75, 3.05) is 39.7 Å². The molecule has 2 unspecified atom stereocenters. The normalized spacial score (nSPS) is 15.9. The Labute approximate surface area is 225 Å². The van der Waals surface area contributed by atoms with E-state index in [1.165, 1.54) is 19.2 Å². The number of sulfone groups is 1. The lowest BCUT2D eigenvalue weighted by Crippen LogP contribution is -2.39. The van der Waals surface area contributed by atoms with Crippen molar-refractivity contribution in [3.8, 4) is 11.5 Å². The number of piperidine rings is 1. The van der Waals surface area contributed by atoms with Crippen molar-refractivity contribution in [3.63, 3.8) is 0 Å². The zero-order chi connectivity index (χ0) is 28.6. The summed E-state index contributed by atoms with van der Waals surface area (Å²) in [7, 11) is 1.44. The molecular formula is C24H31ClN2O10S. The monoisotopic (exact) mass is 574 g/mol. The molecule has 0 saturated carbocycles. The molecule has 0 amide bonds. The molecule has 210 valence electrons. The fraction of sp³-hybridized carbons (Fsp3) is 0.417. The fourth-order valence-corrected chi connectivity index (χ4v) is 5.20. The van der Waals surface area contributed by atoms with Gasteiger partial charge in [0.2, 0.25) is 9.84 Å². The number of hydrogen-bond acceptors (Lipinski definition) is 10. The molecule has 1 saturated heterocycles. The number of carboxylic acid groups (broad SMARTS) is 2. The van der Waals surface area contributed by atoms with Crippen LogP contribution in [0.2, 0.25) is 5.02 Å². The summed E-state index contributed by atoms with van der Waals surface area (Å²) in [4.78, 5) is 22.1. The fourth-order valence-electron chi connectivity index (χ4n) is 3.56. The topological polar surface area (TPSA) is 183 Å². The first-order valence-corrected chi connectivity index (χ1v) is 13.2. The Hall–Kier alpha value is -3.10. The number of aliphatic carboxylic acids is 2. The van der Waals surface area contributed by atoms with Gasteiger partial charge in [0.05, 0.1) is 34.7 Å². The summed E-state index contributed by atoms with van der Waals surface area (Å²) in [5.74, 6) is -2.49. The molecule has 0 aromatic heterocycles. The van der Waals surface area contributed by atoms with Gasteiger partial charge in [0.15, 0.2) is 12.2 Å². The quantitative estimate of drug-likeness (QED) is 0.292. The summed E-state index contributed by atoms with van der Waals surface area (Å²) in [6.07, 6.45) is -2.55. The van der Waals surface area contributed by atoms with Crippen LogP contribution in [-0.2, 0) is 19.4 Å². The van der Waals surface area contributed by atoms with Gasteiger partial charge in [-0.1, -0.05) is 11.6 Å². The molecule has 14 heteroatoms. The highest BCUT2D eigenvalue weighted by atomic mass is 35.5. The van der Waals surface area contributed by atoms with Crippen LogP contribution < -0.4 is 14.8 Å². The Bertz CT molecular complexity index is 1210. The Morgan fingerprint density at radius 2 is 1.42 bits per heavy atom. The number of aliphatic hydroxyl groups is 2. The van der Waals surface area contributed by atoms with Gasteiger partial charge in [0, 0.05) is 6.04 Å². The number of ether oxygens (including phenoxy) is 2. The minimum atomic E-state index is -3.73. The van der Waals surface area contributed by atoms with E-state index in [0.717, 1.165) is 25.9 Å². The highest BCUT2D eigenvalue weighted by Crippen LogP contribution is 2.34. The number of nitrogens with one attached hydrogen (secondary N) is 1. The largest absolute Gasteiger partial charge is 0.495 e. The second-order valence-corrected chi connectivity index (χ2v) is 10.8. The summed E-state index contributed by atoms with van der Waals surface area (Å²) in [6.45, 7) is 2.00. The van der Waals surface area contributed by atoms with Gasteiger partial charge in [-0.15, -0.1) is 0 Å². The lowest BCUT2D eigenvalue weighted by molar-refractivity contribution is -0.165. The molecule has 2 aromatic carbocycles. The van der Waals surface area contributed by atoms with Crippen LogP contribution in [0.25, 0.3) is 0 Å². The van der Waals surface area contributed by atoms with Crippen LogP contribution >= 0.6 is 11.6 Å². The molecule has 0 radical (unpaired) electrons. The molecule has 38 heavy (non-hydrogen) atoms. The zero-order valence-corrected chi connectivity index (χ0v) is 22.6. The minimum absolute atomic E-state index is 0.119. The number of methoxy groups -OCH3 is 2. The number of carboxylic acids is 2. The molecule has 1 fully saturated rings. The zero-order valence-electron chi connectivity index (χ0n) is 21.0. The Balaban J connectivity index is 0.000000432. The van der Waals surface area contributed by atoms with Crippen LogP contribution in [0.5, 0.6) is 11.5 Å². The van der Waals surface area contributed by atoms with E-state index in [1.54, 1.807) is 31.4 Å². The SMILES string of the molecule is COc1ccc(S(=O)(=O)c2ccc(OC)c(NC3CCN(C)CC3)c2)cc1Cl.O=C(O)C(O)C(O)C(=O)O. The first kappa shape index (κ1) is 31.1. The number of benzene rings is 2. The van der Waals surface area contributed by atoms with Gasteiger partial charge in [-0.2, -0.15) is 0 Å². The first-order valence-electron chi connectivity index (χ1n) is 11.3. The second kappa shape index (κ2) is 13.6. The third-order valence-electron chi connectivity index (χ3n) is 5.80. The minimum Gasteiger partial charge on any atom is -0.495 e. The summed E-state index contributed by atoms with van der Waals surface area (Å²) in [5, 5.41) is 36.2. The van der Waals surface area contributed by atoms with Gasteiger partial charge in [-0.25, -0.2) is 18.0 Å². The van der Waals surface area contributed by atoms with E-state index in [2.05, 4.69) is 17.3 Å². The number of likely N-dealkylation sites (tertiary alicyclic amines) is 1. The number of carbonyl (C=O) groups is 2. The molecule has 12 nitrogen and oxygen atoms in total. The van der Waals surface area contributed by atoms with Crippen LogP contribution in [0.15, 0.2) is 46.2 Å². The maximum absolute atomic E-state index is 13.1. The van der Waals surface area contributed by atoms with E-state index in [1.807, 2.05) is 0 Å².